The van der Waals surface area contributed by atoms with E-state index in [-0.39, 0.29) is 10.8 Å². The van der Waals surface area contributed by atoms with Crippen molar-refractivity contribution in [3.8, 4) is 0 Å². The van der Waals surface area contributed by atoms with Crippen molar-refractivity contribution in [3.63, 3.8) is 0 Å². The Balaban J connectivity index is 2.01. The van der Waals surface area contributed by atoms with Crippen LogP contribution in [0, 0.1) is 6.92 Å². The minimum absolute atomic E-state index is 0.142. The van der Waals surface area contributed by atoms with E-state index in [9.17, 15) is 13.2 Å². The smallest absolute Gasteiger partial charge is 0.240 e. The summed E-state index contributed by atoms with van der Waals surface area (Å²) >= 11 is 0. The Bertz CT molecular complexity index is 843. The first-order valence-electron chi connectivity index (χ1n) is 8.27. The molecule has 5 nitrogen and oxygen atoms in total. The minimum Gasteiger partial charge on any atom is -0.326 e. The van der Waals surface area contributed by atoms with Crippen LogP contribution >= 0.6 is 0 Å². The highest BCUT2D eigenvalue weighted by atomic mass is 32.2. The lowest BCUT2D eigenvalue weighted by Gasteiger charge is -2.10. The van der Waals surface area contributed by atoms with Gasteiger partial charge in [-0.3, -0.25) is 4.79 Å². The molecule has 0 bridgehead atoms. The lowest BCUT2D eigenvalue weighted by molar-refractivity contribution is -0.116. The van der Waals surface area contributed by atoms with E-state index >= 15 is 0 Å². The molecule has 2 aromatic carbocycles. The summed E-state index contributed by atoms with van der Waals surface area (Å²) in [6.45, 7) is 3.82. The number of sulfonamides is 1. The van der Waals surface area contributed by atoms with Gasteiger partial charge in [-0.25, -0.2) is 13.1 Å². The van der Waals surface area contributed by atoms with Crippen LogP contribution in [0.3, 0.4) is 0 Å². The van der Waals surface area contributed by atoms with Gasteiger partial charge in [0, 0.05) is 12.1 Å². The second kappa shape index (κ2) is 8.27. The van der Waals surface area contributed by atoms with Crippen LogP contribution < -0.4 is 10.0 Å². The third-order valence-corrected chi connectivity index (χ3v) is 5.66. The number of anilines is 1. The van der Waals surface area contributed by atoms with Crippen molar-refractivity contribution in [2.75, 3.05) is 12.4 Å². The van der Waals surface area contributed by atoms with Gasteiger partial charge >= 0.3 is 0 Å². The Morgan fingerprint density at radius 1 is 1.04 bits per heavy atom. The van der Waals surface area contributed by atoms with E-state index in [0.29, 0.717) is 24.1 Å². The summed E-state index contributed by atoms with van der Waals surface area (Å²) in [6, 6.07) is 13.1. The quantitative estimate of drug-likeness (QED) is 0.797. The molecule has 0 unspecified atom stereocenters. The van der Waals surface area contributed by atoms with Crippen LogP contribution in [0.2, 0.25) is 0 Å². The molecule has 2 rings (SSSR count). The van der Waals surface area contributed by atoms with Crippen LogP contribution in [-0.4, -0.2) is 21.4 Å². The molecule has 0 atom stereocenters. The van der Waals surface area contributed by atoms with E-state index in [0.717, 1.165) is 12.0 Å². The molecule has 0 heterocycles. The topological polar surface area (TPSA) is 75.3 Å². The van der Waals surface area contributed by atoms with Gasteiger partial charge in [-0.15, -0.1) is 0 Å². The molecule has 2 N–H and O–H groups in total. The van der Waals surface area contributed by atoms with Crippen LogP contribution in [0.4, 0.5) is 5.69 Å². The second-order valence-corrected chi connectivity index (χ2v) is 7.76. The Hall–Kier alpha value is -2.18. The van der Waals surface area contributed by atoms with Gasteiger partial charge in [0.05, 0.1) is 4.90 Å². The third-order valence-electron chi connectivity index (χ3n) is 4.10. The van der Waals surface area contributed by atoms with Crippen molar-refractivity contribution >= 4 is 21.6 Å². The van der Waals surface area contributed by atoms with Gasteiger partial charge in [-0.1, -0.05) is 37.3 Å². The number of amides is 1. The summed E-state index contributed by atoms with van der Waals surface area (Å²) in [4.78, 5) is 12.3. The fraction of sp³-hybridized carbons (Fsp3) is 0.316. The zero-order valence-electron chi connectivity index (χ0n) is 14.8. The first-order valence-corrected chi connectivity index (χ1v) is 9.76. The van der Waals surface area contributed by atoms with Crippen LogP contribution in [-0.2, 0) is 27.7 Å². The molecule has 0 aromatic heterocycles. The number of carbonyl (C=O) groups excluding carboxylic acids is 1. The van der Waals surface area contributed by atoms with E-state index in [1.165, 1.54) is 18.7 Å². The summed E-state index contributed by atoms with van der Waals surface area (Å²) in [6.07, 6.45) is 1.98. The standard InChI is InChI=1S/C19H24N2O3S/c1-4-15-6-8-16(9-7-15)10-12-19(22)21-17-11-5-14(2)18(13-17)25(23,24)20-3/h5-9,11,13,20H,4,10,12H2,1-3H3,(H,21,22). The van der Waals surface area contributed by atoms with Crippen molar-refractivity contribution in [3.05, 3.63) is 59.2 Å². The second-order valence-electron chi connectivity index (χ2n) is 5.91. The molecule has 1 amide bonds. The van der Waals surface area contributed by atoms with E-state index in [4.69, 9.17) is 0 Å². The number of rotatable bonds is 7. The molecule has 25 heavy (non-hydrogen) atoms. The Morgan fingerprint density at radius 2 is 1.68 bits per heavy atom. The first kappa shape index (κ1) is 19.1. The number of benzene rings is 2. The molecule has 0 aliphatic carbocycles. The van der Waals surface area contributed by atoms with E-state index < -0.39 is 10.0 Å². The molecule has 134 valence electrons. The SMILES string of the molecule is CCc1ccc(CCC(=O)Nc2ccc(C)c(S(=O)(=O)NC)c2)cc1. The zero-order valence-corrected chi connectivity index (χ0v) is 15.6. The molecule has 0 spiro atoms. The van der Waals surface area contributed by atoms with Gasteiger partial charge in [0.15, 0.2) is 0 Å². The number of carbonyl (C=O) groups is 1. The number of hydrogen-bond donors (Lipinski definition) is 2. The lowest BCUT2D eigenvalue weighted by atomic mass is 10.1. The normalized spacial score (nSPS) is 11.3. The monoisotopic (exact) mass is 360 g/mol. The van der Waals surface area contributed by atoms with Crippen LogP contribution in [0.5, 0.6) is 0 Å². The van der Waals surface area contributed by atoms with Gasteiger partial charge in [0.2, 0.25) is 15.9 Å². The Kier molecular flexibility index (Phi) is 6.33. The maximum Gasteiger partial charge on any atom is 0.240 e. The van der Waals surface area contributed by atoms with Crippen LogP contribution in [0.15, 0.2) is 47.4 Å². The first-order chi connectivity index (χ1) is 11.9. The highest BCUT2D eigenvalue weighted by Crippen LogP contribution is 2.20. The number of hydrogen-bond acceptors (Lipinski definition) is 3. The average molecular weight is 360 g/mol. The number of aryl methyl sites for hydroxylation is 3. The van der Waals surface area contributed by atoms with Crippen LogP contribution in [0.25, 0.3) is 0 Å². The summed E-state index contributed by atoms with van der Waals surface area (Å²) < 4.78 is 26.3. The third kappa shape index (κ3) is 5.14. The lowest BCUT2D eigenvalue weighted by Crippen LogP contribution is -2.20. The molecule has 0 saturated carbocycles. The van der Waals surface area contributed by atoms with Crippen LogP contribution in [0.1, 0.15) is 30.0 Å². The van der Waals surface area contributed by atoms with E-state index in [1.807, 2.05) is 12.1 Å². The molecule has 0 fully saturated rings. The number of nitrogens with one attached hydrogen (secondary N) is 2. The molecule has 2 aromatic rings. The summed E-state index contributed by atoms with van der Waals surface area (Å²) in [7, 11) is -2.19. The molecular weight excluding hydrogens is 336 g/mol. The molecule has 0 radical (unpaired) electrons. The van der Waals surface area contributed by atoms with Gasteiger partial charge in [-0.2, -0.15) is 0 Å². The van der Waals surface area contributed by atoms with Crippen molar-refractivity contribution in [1.82, 2.24) is 4.72 Å². The fourth-order valence-electron chi connectivity index (χ4n) is 2.50. The predicted octanol–water partition coefficient (Wildman–Crippen LogP) is 3.04. The van der Waals surface area contributed by atoms with E-state index in [1.54, 1.807) is 19.1 Å². The molecule has 0 aliphatic rings. The molecule has 0 aliphatic heterocycles. The largest absolute Gasteiger partial charge is 0.326 e. The summed E-state index contributed by atoms with van der Waals surface area (Å²) in [5.41, 5.74) is 3.48. The summed E-state index contributed by atoms with van der Waals surface area (Å²) in [5, 5.41) is 2.77. The van der Waals surface area contributed by atoms with Gasteiger partial charge in [-0.05, 0) is 55.6 Å². The van der Waals surface area contributed by atoms with Crippen molar-refractivity contribution in [2.45, 2.75) is 38.0 Å². The van der Waals surface area contributed by atoms with Crippen molar-refractivity contribution < 1.29 is 13.2 Å². The zero-order chi connectivity index (χ0) is 18.4. The average Bonchev–Trinajstić information content (AvgIpc) is 2.62. The van der Waals surface area contributed by atoms with Gasteiger partial charge < -0.3 is 5.32 Å². The predicted molar refractivity (Wildman–Crippen MR) is 100 cm³/mol. The van der Waals surface area contributed by atoms with Gasteiger partial charge in [0.25, 0.3) is 0 Å². The Morgan fingerprint density at radius 3 is 2.28 bits per heavy atom. The van der Waals surface area contributed by atoms with E-state index in [2.05, 4.69) is 29.1 Å². The molecule has 6 heteroatoms. The van der Waals surface area contributed by atoms with Crippen molar-refractivity contribution in [1.29, 1.82) is 0 Å². The highest BCUT2D eigenvalue weighted by Gasteiger charge is 2.15. The van der Waals surface area contributed by atoms with Crippen molar-refractivity contribution in [2.24, 2.45) is 0 Å². The summed E-state index contributed by atoms with van der Waals surface area (Å²) in [5.74, 6) is -0.142. The Labute approximate surface area is 149 Å². The molecular formula is C19H24N2O3S. The highest BCUT2D eigenvalue weighted by molar-refractivity contribution is 7.89. The molecule has 0 saturated heterocycles. The maximum atomic E-state index is 12.1. The fourth-order valence-corrected chi connectivity index (χ4v) is 3.49. The van der Waals surface area contributed by atoms with Gasteiger partial charge in [0.1, 0.15) is 0 Å². The maximum absolute atomic E-state index is 12.1. The minimum atomic E-state index is -3.55.